The standard InChI is InChI=1S/C13H22/c1-8-5-12(11(8)4)6-9(2)13-7-10(13)3/h8,10-13H,2,5-7H2,1,3-4H3. The van der Waals surface area contributed by atoms with Crippen LogP contribution in [0.4, 0.5) is 0 Å². The van der Waals surface area contributed by atoms with Gasteiger partial charge >= 0.3 is 0 Å². The van der Waals surface area contributed by atoms with Gasteiger partial charge in [0.2, 0.25) is 0 Å². The number of hydrogen-bond acceptors (Lipinski definition) is 0. The normalized spacial score (nSPS) is 48.4. The quantitative estimate of drug-likeness (QED) is 0.575. The fourth-order valence-electron chi connectivity index (χ4n) is 2.82. The summed E-state index contributed by atoms with van der Waals surface area (Å²) in [5.41, 5.74) is 1.55. The van der Waals surface area contributed by atoms with E-state index >= 15 is 0 Å². The first-order chi connectivity index (χ1) is 6.09. The minimum atomic E-state index is 0.892. The van der Waals surface area contributed by atoms with Crippen molar-refractivity contribution in [2.75, 3.05) is 0 Å². The zero-order chi connectivity index (χ0) is 9.59. The summed E-state index contributed by atoms with van der Waals surface area (Å²) in [6, 6.07) is 0. The lowest BCUT2D eigenvalue weighted by atomic mass is 9.64. The summed E-state index contributed by atoms with van der Waals surface area (Å²) >= 11 is 0. The molecule has 2 aliphatic carbocycles. The van der Waals surface area contributed by atoms with Gasteiger partial charge in [-0.05, 0) is 48.9 Å². The molecule has 0 heteroatoms. The predicted molar refractivity (Wildman–Crippen MR) is 57.5 cm³/mol. The lowest BCUT2D eigenvalue weighted by molar-refractivity contribution is 0.102. The Morgan fingerprint density at radius 3 is 2.15 bits per heavy atom. The zero-order valence-corrected chi connectivity index (χ0v) is 9.22. The summed E-state index contributed by atoms with van der Waals surface area (Å²) in [5.74, 6) is 4.72. The average molecular weight is 178 g/mol. The summed E-state index contributed by atoms with van der Waals surface area (Å²) in [6.07, 6.45) is 4.18. The summed E-state index contributed by atoms with van der Waals surface area (Å²) < 4.78 is 0. The van der Waals surface area contributed by atoms with E-state index in [0.29, 0.717) is 0 Å². The third-order valence-corrected chi connectivity index (χ3v) is 4.47. The highest BCUT2D eigenvalue weighted by molar-refractivity contribution is 5.12. The molecular formula is C13H22. The van der Waals surface area contributed by atoms with E-state index in [1.54, 1.807) is 5.57 Å². The van der Waals surface area contributed by atoms with Crippen LogP contribution < -0.4 is 0 Å². The SMILES string of the molecule is C=C(CC1CC(C)C1C)C1CC1C. The van der Waals surface area contributed by atoms with Crippen molar-refractivity contribution < 1.29 is 0 Å². The molecule has 2 rings (SSSR count). The maximum Gasteiger partial charge on any atom is -0.0177 e. The summed E-state index contributed by atoms with van der Waals surface area (Å²) in [4.78, 5) is 0. The van der Waals surface area contributed by atoms with E-state index in [9.17, 15) is 0 Å². The molecule has 2 saturated carbocycles. The Balaban J connectivity index is 1.76. The van der Waals surface area contributed by atoms with Crippen molar-refractivity contribution in [1.29, 1.82) is 0 Å². The Bertz CT molecular complexity index is 216. The largest absolute Gasteiger partial charge is 0.0996 e. The third-order valence-electron chi connectivity index (χ3n) is 4.47. The van der Waals surface area contributed by atoms with Gasteiger partial charge in [-0.15, -0.1) is 0 Å². The molecule has 2 aliphatic rings. The van der Waals surface area contributed by atoms with Crippen molar-refractivity contribution in [1.82, 2.24) is 0 Å². The molecule has 0 amide bonds. The van der Waals surface area contributed by atoms with E-state index < -0.39 is 0 Å². The van der Waals surface area contributed by atoms with Crippen molar-refractivity contribution >= 4 is 0 Å². The molecule has 0 N–H and O–H groups in total. The Morgan fingerprint density at radius 1 is 1.15 bits per heavy atom. The molecule has 0 radical (unpaired) electrons. The smallest absolute Gasteiger partial charge is 0.0177 e. The number of rotatable bonds is 3. The topological polar surface area (TPSA) is 0 Å². The van der Waals surface area contributed by atoms with Gasteiger partial charge < -0.3 is 0 Å². The molecule has 0 aromatic heterocycles. The van der Waals surface area contributed by atoms with Gasteiger partial charge in [0, 0.05) is 0 Å². The fraction of sp³-hybridized carbons (Fsp3) is 0.846. The van der Waals surface area contributed by atoms with Crippen LogP contribution in [0.3, 0.4) is 0 Å². The van der Waals surface area contributed by atoms with E-state index in [0.717, 1.165) is 29.6 Å². The average Bonchev–Trinajstić information content (AvgIpc) is 2.81. The van der Waals surface area contributed by atoms with Gasteiger partial charge in [0.05, 0.1) is 0 Å². The van der Waals surface area contributed by atoms with Crippen molar-refractivity contribution in [2.45, 2.75) is 40.0 Å². The number of hydrogen-bond donors (Lipinski definition) is 0. The minimum Gasteiger partial charge on any atom is -0.0996 e. The van der Waals surface area contributed by atoms with Crippen molar-refractivity contribution in [3.05, 3.63) is 12.2 Å². The molecule has 0 heterocycles. The number of allylic oxidation sites excluding steroid dienone is 1. The summed E-state index contributed by atoms with van der Waals surface area (Å²) in [6.45, 7) is 11.4. The van der Waals surface area contributed by atoms with Gasteiger partial charge in [-0.25, -0.2) is 0 Å². The second kappa shape index (κ2) is 3.15. The zero-order valence-electron chi connectivity index (χ0n) is 9.22. The van der Waals surface area contributed by atoms with Crippen molar-refractivity contribution in [3.63, 3.8) is 0 Å². The van der Waals surface area contributed by atoms with Crippen LogP contribution in [0, 0.1) is 29.6 Å². The van der Waals surface area contributed by atoms with E-state index in [2.05, 4.69) is 27.4 Å². The van der Waals surface area contributed by atoms with E-state index in [1.165, 1.54) is 19.3 Å². The van der Waals surface area contributed by atoms with E-state index in [1.807, 2.05) is 0 Å². The lowest BCUT2D eigenvalue weighted by Crippen LogP contribution is -2.32. The van der Waals surface area contributed by atoms with Crippen LogP contribution >= 0.6 is 0 Å². The molecule has 0 aromatic carbocycles. The summed E-state index contributed by atoms with van der Waals surface area (Å²) in [5, 5.41) is 0. The molecule has 0 aliphatic heterocycles. The molecule has 0 aromatic rings. The van der Waals surface area contributed by atoms with Gasteiger partial charge in [-0.3, -0.25) is 0 Å². The molecule has 0 spiro atoms. The van der Waals surface area contributed by atoms with E-state index in [4.69, 9.17) is 0 Å². The highest BCUT2D eigenvalue weighted by Gasteiger charge is 2.39. The van der Waals surface area contributed by atoms with Gasteiger partial charge in [0.25, 0.3) is 0 Å². The Hall–Kier alpha value is -0.260. The molecule has 0 saturated heterocycles. The van der Waals surface area contributed by atoms with Crippen LogP contribution in [0.25, 0.3) is 0 Å². The fourth-order valence-corrected chi connectivity index (χ4v) is 2.82. The maximum absolute atomic E-state index is 4.25. The van der Waals surface area contributed by atoms with Crippen LogP contribution in [0.2, 0.25) is 0 Å². The van der Waals surface area contributed by atoms with Gasteiger partial charge in [-0.1, -0.05) is 32.9 Å². The molecule has 0 bridgehead atoms. The van der Waals surface area contributed by atoms with Crippen LogP contribution in [-0.4, -0.2) is 0 Å². The Kier molecular flexibility index (Phi) is 2.25. The van der Waals surface area contributed by atoms with E-state index in [-0.39, 0.29) is 0 Å². The van der Waals surface area contributed by atoms with Gasteiger partial charge in [0.15, 0.2) is 0 Å². The first kappa shape index (κ1) is 9.30. The van der Waals surface area contributed by atoms with Crippen LogP contribution in [-0.2, 0) is 0 Å². The van der Waals surface area contributed by atoms with Gasteiger partial charge in [-0.2, -0.15) is 0 Å². The third kappa shape index (κ3) is 1.68. The lowest BCUT2D eigenvalue weighted by Gasteiger charge is -2.41. The monoisotopic (exact) mass is 178 g/mol. The predicted octanol–water partition coefficient (Wildman–Crippen LogP) is 3.88. The minimum absolute atomic E-state index is 0.892. The summed E-state index contributed by atoms with van der Waals surface area (Å²) in [7, 11) is 0. The van der Waals surface area contributed by atoms with Crippen molar-refractivity contribution in [3.8, 4) is 0 Å². The molecule has 5 atom stereocenters. The second-order valence-corrected chi connectivity index (χ2v) is 5.51. The first-order valence-corrected chi connectivity index (χ1v) is 5.77. The first-order valence-electron chi connectivity index (χ1n) is 5.77. The molecule has 5 unspecified atom stereocenters. The van der Waals surface area contributed by atoms with Crippen molar-refractivity contribution in [2.24, 2.45) is 29.6 Å². The maximum atomic E-state index is 4.25. The molecule has 2 fully saturated rings. The Labute approximate surface area is 82.4 Å². The Morgan fingerprint density at radius 2 is 1.77 bits per heavy atom. The van der Waals surface area contributed by atoms with Crippen LogP contribution in [0.15, 0.2) is 12.2 Å². The second-order valence-electron chi connectivity index (χ2n) is 5.51. The molecular weight excluding hydrogens is 156 g/mol. The molecule has 74 valence electrons. The van der Waals surface area contributed by atoms with Gasteiger partial charge in [0.1, 0.15) is 0 Å². The van der Waals surface area contributed by atoms with Crippen LogP contribution in [0.5, 0.6) is 0 Å². The van der Waals surface area contributed by atoms with Crippen LogP contribution in [0.1, 0.15) is 40.0 Å². The molecule has 0 nitrogen and oxygen atoms in total. The highest BCUT2D eigenvalue weighted by atomic mass is 14.4. The molecule has 13 heavy (non-hydrogen) atoms. The highest BCUT2D eigenvalue weighted by Crippen LogP contribution is 2.49.